The zero-order chi connectivity index (χ0) is 21.5. The predicted octanol–water partition coefficient (Wildman–Crippen LogP) is 5.46. The first-order valence-corrected chi connectivity index (χ1v) is 10.4. The fraction of sp³-hybridized carbons (Fsp3) is 0.385. The van der Waals surface area contributed by atoms with Gasteiger partial charge in [0.1, 0.15) is 17.9 Å². The van der Waals surface area contributed by atoms with E-state index in [9.17, 15) is 9.59 Å². The SMILES string of the molecule is COC(=O)c1ccccc1OCc1ccc(C=C2C(=O)C3(C)CCC2C3(C)C)cc1. The van der Waals surface area contributed by atoms with E-state index in [1.807, 2.05) is 30.3 Å². The van der Waals surface area contributed by atoms with Crippen LogP contribution in [-0.2, 0) is 16.1 Å². The first kappa shape index (κ1) is 20.4. The molecule has 2 aromatic rings. The molecule has 2 unspecified atom stereocenters. The van der Waals surface area contributed by atoms with Crippen molar-refractivity contribution in [2.75, 3.05) is 7.11 Å². The van der Waals surface area contributed by atoms with E-state index in [0.717, 1.165) is 29.5 Å². The van der Waals surface area contributed by atoms with Gasteiger partial charge in [0.05, 0.1) is 7.11 Å². The maximum absolute atomic E-state index is 13.0. The third-order valence-corrected chi connectivity index (χ3v) is 7.35. The van der Waals surface area contributed by atoms with Crippen LogP contribution in [0.1, 0.15) is 55.1 Å². The van der Waals surface area contributed by atoms with Gasteiger partial charge in [-0.25, -0.2) is 4.79 Å². The van der Waals surface area contributed by atoms with Gasteiger partial charge in [0.25, 0.3) is 0 Å². The first-order valence-electron chi connectivity index (χ1n) is 10.4. The summed E-state index contributed by atoms with van der Waals surface area (Å²) in [6, 6.07) is 15.1. The molecule has 2 aliphatic rings. The molecule has 0 spiro atoms. The van der Waals surface area contributed by atoms with Crippen LogP contribution in [0.4, 0.5) is 0 Å². The van der Waals surface area contributed by atoms with Gasteiger partial charge in [0, 0.05) is 5.41 Å². The molecule has 2 aromatic carbocycles. The van der Waals surface area contributed by atoms with Crippen molar-refractivity contribution in [1.82, 2.24) is 0 Å². The van der Waals surface area contributed by atoms with Gasteiger partial charge in [-0.1, -0.05) is 57.2 Å². The minimum atomic E-state index is -0.417. The Balaban J connectivity index is 1.48. The normalized spacial score (nSPS) is 25.5. The number of methoxy groups -OCH3 is 1. The number of hydrogen-bond acceptors (Lipinski definition) is 4. The van der Waals surface area contributed by atoms with Crippen LogP contribution in [0.5, 0.6) is 5.75 Å². The number of para-hydroxylation sites is 1. The Morgan fingerprint density at radius 3 is 2.43 bits per heavy atom. The maximum atomic E-state index is 13.0. The van der Waals surface area contributed by atoms with E-state index in [4.69, 9.17) is 9.47 Å². The second kappa shape index (κ2) is 7.42. The highest BCUT2D eigenvalue weighted by Gasteiger charge is 2.63. The third kappa shape index (κ3) is 3.15. The molecule has 2 saturated carbocycles. The summed E-state index contributed by atoms with van der Waals surface area (Å²) in [6.07, 6.45) is 4.15. The van der Waals surface area contributed by atoms with Crippen molar-refractivity contribution in [2.24, 2.45) is 16.7 Å². The lowest BCUT2D eigenvalue weighted by atomic mass is 9.70. The molecule has 0 heterocycles. The molecule has 0 saturated heterocycles. The Morgan fingerprint density at radius 1 is 1.10 bits per heavy atom. The van der Waals surface area contributed by atoms with Gasteiger partial charge < -0.3 is 9.47 Å². The second-order valence-electron chi connectivity index (χ2n) is 9.09. The summed E-state index contributed by atoms with van der Waals surface area (Å²) < 4.78 is 10.7. The molecule has 0 aromatic heterocycles. The van der Waals surface area contributed by atoms with Crippen LogP contribution in [0.15, 0.2) is 54.1 Å². The van der Waals surface area contributed by atoms with Gasteiger partial charge in [-0.15, -0.1) is 0 Å². The van der Waals surface area contributed by atoms with Gasteiger partial charge in [0.2, 0.25) is 0 Å². The minimum absolute atomic E-state index is 0.0245. The molecule has 0 N–H and O–H groups in total. The van der Waals surface area contributed by atoms with E-state index < -0.39 is 5.97 Å². The average Bonchev–Trinajstić information content (AvgIpc) is 3.06. The number of allylic oxidation sites excluding steroid dienone is 1. The second-order valence-corrected chi connectivity index (χ2v) is 9.09. The summed E-state index contributed by atoms with van der Waals surface area (Å²) in [4.78, 5) is 24.9. The number of Topliss-reactive ketones (excluding diaryl/α,β-unsaturated/α-hetero) is 1. The summed E-state index contributed by atoms with van der Waals surface area (Å²) >= 11 is 0. The number of fused-ring (bicyclic) bond motifs is 2. The fourth-order valence-corrected chi connectivity index (χ4v) is 5.02. The smallest absolute Gasteiger partial charge is 0.341 e. The molecule has 0 aliphatic heterocycles. The number of carbonyl (C=O) groups excluding carboxylic acids is 2. The Labute approximate surface area is 177 Å². The van der Waals surface area contributed by atoms with Crippen molar-refractivity contribution in [2.45, 2.75) is 40.2 Å². The molecule has 156 valence electrons. The summed E-state index contributed by atoms with van der Waals surface area (Å²) in [6.45, 7) is 6.94. The molecule has 30 heavy (non-hydrogen) atoms. The quantitative estimate of drug-likeness (QED) is 0.490. The highest BCUT2D eigenvalue weighted by atomic mass is 16.5. The van der Waals surface area contributed by atoms with Crippen LogP contribution < -0.4 is 4.74 Å². The number of ether oxygens (including phenoxy) is 2. The van der Waals surface area contributed by atoms with Gasteiger partial charge in [0.15, 0.2) is 5.78 Å². The van der Waals surface area contributed by atoms with Crippen LogP contribution in [-0.4, -0.2) is 18.9 Å². The van der Waals surface area contributed by atoms with Crippen LogP contribution in [0, 0.1) is 16.7 Å². The Bertz CT molecular complexity index is 1020. The molecule has 0 amide bonds. The Kier molecular flexibility index (Phi) is 5.05. The lowest BCUT2D eigenvalue weighted by Gasteiger charge is -2.31. The topological polar surface area (TPSA) is 52.6 Å². The van der Waals surface area contributed by atoms with Gasteiger partial charge >= 0.3 is 5.97 Å². The lowest BCUT2D eigenvalue weighted by molar-refractivity contribution is -0.125. The largest absolute Gasteiger partial charge is 0.488 e. The summed E-state index contributed by atoms with van der Waals surface area (Å²) in [5, 5.41) is 0. The van der Waals surface area contributed by atoms with E-state index in [2.05, 4.69) is 26.8 Å². The number of benzene rings is 2. The summed E-state index contributed by atoms with van der Waals surface area (Å²) in [7, 11) is 1.36. The van der Waals surface area contributed by atoms with Crippen LogP contribution in [0.3, 0.4) is 0 Å². The Morgan fingerprint density at radius 2 is 1.80 bits per heavy atom. The van der Waals surface area contributed by atoms with Crippen molar-refractivity contribution < 1.29 is 19.1 Å². The van der Waals surface area contributed by atoms with Crippen molar-refractivity contribution in [3.63, 3.8) is 0 Å². The highest BCUT2D eigenvalue weighted by molar-refractivity contribution is 6.07. The maximum Gasteiger partial charge on any atom is 0.341 e. The molecule has 0 radical (unpaired) electrons. The highest BCUT2D eigenvalue weighted by Crippen LogP contribution is 2.65. The number of rotatable bonds is 5. The van der Waals surface area contributed by atoms with E-state index in [1.54, 1.807) is 18.2 Å². The molecule has 2 bridgehead atoms. The predicted molar refractivity (Wildman–Crippen MR) is 116 cm³/mol. The summed E-state index contributed by atoms with van der Waals surface area (Å²) in [5.41, 5.74) is 3.20. The van der Waals surface area contributed by atoms with Crippen molar-refractivity contribution in [1.29, 1.82) is 0 Å². The summed E-state index contributed by atoms with van der Waals surface area (Å²) in [5.74, 6) is 0.738. The van der Waals surface area contributed by atoms with Gasteiger partial charge in [-0.3, -0.25) is 4.79 Å². The van der Waals surface area contributed by atoms with E-state index in [0.29, 0.717) is 29.6 Å². The van der Waals surface area contributed by atoms with E-state index in [1.165, 1.54) is 7.11 Å². The van der Waals surface area contributed by atoms with Crippen molar-refractivity contribution >= 4 is 17.8 Å². The number of hydrogen-bond donors (Lipinski definition) is 0. The fourth-order valence-electron chi connectivity index (χ4n) is 5.02. The first-order chi connectivity index (χ1) is 14.3. The molecule has 4 nitrogen and oxygen atoms in total. The molecule has 2 aliphatic carbocycles. The van der Waals surface area contributed by atoms with Gasteiger partial charge in [-0.2, -0.15) is 0 Å². The van der Waals surface area contributed by atoms with E-state index in [-0.39, 0.29) is 10.8 Å². The zero-order valence-electron chi connectivity index (χ0n) is 18.0. The van der Waals surface area contributed by atoms with Crippen molar-refractivity contribution in [3.8, 4) is 5.75 Å². The Hall–Kier alpha value is -2.88. The van der Waals surface area contributed by atoms with Crippen molar-refractivity contribution in [3.05, 3.63) is 70.8 Å². The van der Waals surface area contributed by atoms with Crippen LogP contribution >= 0.6 is 0 Å². The lowest BCUT2D eigenvalue weighted by Crippen LogP contribution is -2.32. The van der Waals surface area contributed by atoms with Crippen LogP contribution in [0.2, 0.25) is 0 Å². The molecule has 4 heteroatoms. The monoisotopic (exact) mass is 404 g/mol. The number of carbonyl (C=O) groups is 2. The van der Waals surface area contributed by atoms with Crippen LogP contribution in [0.25, 0.3) is 6.08 Å². The van der Waals surface area contributed by atoms with E-state index >= 15 is 0 Å². The molecule has 2 fully saturated rings. The minimum Gasteiger partial charge on any atom is -0.488 e. The average molecular weight is 405 g/mol. The van der Waals surface area contributed by atoms with Gasteiger partial charge in [-0.05, 0) is 59.1 Å². The standard InChI is InChI=1S/C26H28O4/c1-25(2)21-13-14-26(25,3)23(27)20(21)15-17-9-11-18(12-10-17)16-30-22-8-6-5-7-19(22)24(28)29-4/h5-12,15,21H,13-14,16H2,1-4H3. The number of ketones is 1. The molecular weight excluding hydrogens is 376 g/mol. The number of esters is 1. The third-order valence-electron chi connectivity index (χ3n) is 7.35. The zero-order valence-corrected chi connectivity index (χ0v) is 18.0. The molecular formula is C26H28O4. The molecule has 4 rings (SSSR count). The molecule has 2 atom stereocenters.